The zero-order valence-corrected chi connectivity index (χ0v) is 23.6. The molecule has 12 heteroatoms. The van der Waals surface area contributed by atoms with Gasteiger partial charge in [-0.1, -0.05) is 6.07 Å². The van der Waals surface area contributed by atoms with Crippen LogP contribution < -0.4 is 20.7 Å². The molecule has 4 amide bonds. The van der Waals surface area contributed by atoms with Gasteiger partial charge in [-0.15, -0.1) is 11.3 Å². The van der Waals surface area contributed by atoms with E-state index in [1.165, 1.54) is 23.5 Å². The number of hydrogen-bond acceptors (Lipinski definition) is 7. The number of halogens is 1. The smallest absolute Gasteiger partial charge is 0.319 e. The lowest BCUT2D eigenvalue weighted by Gasteiger charge is -2.20. The van der Waals surface area contributed by atoms with Crippen molar-refractivity contribution in [2.45, 2.75) is 32.4 Å². The number of carbonyl (C=O) groups is 2. The van der Waals surface area contributed by atoms with Crippen LogP contribution in [0.15, 0.2) is 54.9 Å². The highest BCUT2D eigenvalue weighted by Gasteiger charge is 2.23. The predicted molar refractivity (Wildman–Crippen MR) is 156 cm³/mol. The van der Waals surface area contributed by atoms with Crippen molar-refractivity contribution in [3.05, 3.63) is 66.2 Å². The molecule has 0 radical (unpaired) electrons. The van der Waals surface area contributed by atoms with E-state index in [0.29, 0.717) is 43.2 Å². The predicted octanol–water partition coefficient (Wildman–Crippen LogP) is 5.75. The summed E-state index contributed by atoms with van der Waals surface area (Å²) in [6.07, 6.45) is 5.27. The lowest BCUT2D eigenvalue weighted by molar-refractivity contribution is 0.151. The lowest BCUT2D eigenvalue weighted by Crippen LogP contribution is -2.41. The Morgan fingerprint density at radius 2 is 1.98 bits per heavy atom. The highest BCUT2D eigenvalue weighted by molar-refractivity contribution is 7.22. The van der Waals surface area contributed by atoms with Gasteiger partial charge in [0.15, 0.2) is 11.6 Å². The van der Waals surface area contributed by atoms with Crippen LogP contribution in [0, 0.1) is 5.82 Å². The maximum atomic E-state index is 14.8. The molecule has 3 N–H and O–H groups in total. The minimum atomic E-state index is -0.596. The highest BCUT2D eigenvalue weighted by atomic mass is 32.1. The average molecular weight is 579 g/mol. The molecule has 3 heterocycles. The van der Waals surface area contributed by atoms with Gasteiger partial charge >= 0.3 is 12.1 Å². The SMILES string of the molecule is CCN(CCOC)C(=O)NCc1ccc(-c2cc3nccc(Oc4ccc(NC(=O)NC5CC5)cc4F)c3s2)nc1. The van der Waals surface area contributed by atoms with Crippen LogP contribution in [0.4, 0.5) is 19.7 Å². The van der Waals surface area contributed by atoms with Crippen LogP contribution in [0.1, 0.15) is 25.3 Å². The molecule has 5 rings (SSSR count). The number of pyridine rings is 2. The fourth-order valence-electron chi connectivity index (χ4n) is 4.05. The normalized spacial score (nSPS) is 12.7. The summed E-state index contributed by atoms with van der Waals surface area (Å²) < 4.78 is 26.6. The van der Waals surface area contributed by atoms with Crippen LogP contribution in [0.25, 0.3) is 20.8 Å². The number of methoxy groups -OCH3 is 1. The van der Waals surface area contributed by atoms with E-state index in [1.54, 1.807) is 36.5 Å². The van der Waals surface area contributed by atoms with Crippen LogP contribution in [0.5, 0.6) is 11.5 Å². The van der Waals surface area contributed by atoms with E-state index < -0.39 is 5.82 Å². The molecule has 41 heavy (non-hydrogen) atoms. The molecular formula is C29H31FN6O4S. The number of fused-ring (bicyclic) bond motifs is 1. The Morgan fingerprint density at radius 3 is 2.68 bits per heavy atom. The lowest BCUT2D eigenvalue weighted by atomic mass is 10.2. The summed E-state index contributed by atoms with van der Waals surface area (Å²) in [5.41, 5.74) is 2.66. The minimum absolute atomic E-state index is 0.0361. The summed E-state index contributed by atoms with van der Waals surface area (Å²) in [6, 6.07) is 11.4. The number of likely N-dealkylation sites (N-methyl/N-ethyl adjacent to an activating group) is 1. The summed E-state index contributed by atoms with van der Waals surface area (Å²) in [7, 11) is 1.61. The van der Waals surface area contributed by atoms with Gasteiger partial charge in [0, 0.05) is 63.0 Å². The molecule has 1 aliphatic carbocycles. The Balaban J connectivity index is 1.24. The first-order valence-electron chi connectivity index (χ1n) is 13.3. The standard InChI is InChI=1S/C29H31FN6O4S/c1-3-36(12-13-39-2)29(38)33-17-18-4-8-22(32-16-18)26-15-23-27(41-26)25(10-11-31-23)40-24-9-7-20(14-21(24)30)35-28(37)34-19-5-6-19/h4,7-11,14-16,19H,3,5-6,12-13,17H2,1-2H3,(H,33,38)(H2,34,35,37). The number of aromatic nitrogens is 2. The third kappa shape index (κ3) is 7.27. The van der Waals surface area contributed by atoms with Gasteiger partial charge in [0.25, 0.3) is 0 Å². The molecule has 214 valence electrons. The van der Waals surface area contributed by atoms with Crippen LogP contribution >= 0.6 is 11.3 Å². The molecule has 0 aliphatic heterocycles. The van der Waals surface area contributed by atoms with Gasteiger partial charge in [0.05, 0.1) is 27.4 Å². The van der Waals surface area contributed by atoms with E-state index >= 15 is 0 Å². The van der Waals surface area contributed by atoms with Crippen molar-refractivity contribution in [2.24, 2.45) is 0 Å². The Hall–Kier alpha value is -4.29. The number of amides is 4. The van der Waals surface area contributed by atoms with E-state index in [4.69, 9.17) is 9.47 Å². The average Bonchev–Trinajstić information content (AvgIpc) is 3.67. The number of nitrogens with zero attached hydrogens (tertiary/aromatic N) is 3. The zero-order valence-electron chi connectivity index (χ0n) is 22.8. The minimum Gasteiger partial charge on any atom is -0.453 e. The Kier molecular flexibility index (Phi) is 8.90. The van der Waals surface area contributed by atoms with Crippen LogP contribution in [-0.4, -0.2) is 59.8 Å². The maximum Gasteiger partial charge on any atom is 0.319 e. The third-order valence-electron chi connectivity index (χ3n) is 6.45. The van der Waals surface area contributed by atoms with Crippen molar-refractivity contribution in [1.82, 2.24) is 25.5 Å². The first-order chi connectivity index (χ1) is 19.9. The van der Waals surface area contributed by atoms with Crippen molar-refractivity contribution in [3.63, 3.8) is 0 Å². The molecule has 1 saturated carbocycles. The Bertz CT molecular complexity index is 1530. The second kappa shape index (κ2) is 12.9. The molecule has 1 aromatic carbocycles. The van der Waals surface area contributed by atoms with Crippen LogP contribution in [0.3, 0.4) is 0 Å². The van der Waals surface area contributed by atoms with Crippen molar-refractivity contribution in [3.8, 4) is 22.1 Å². The summed E-state index contributed by atoms with van der Waals surface area (Å²) in [4.78, 5) is 35.9. The molecule has 0 saturated heterocycles. The number of rotatable bonds is 11. The molecule has 1 fully saturated rings. The number of benzene rings is 1. The van der Waals surface area contributed by atoms with Gasteiger partial charge < -0.3 is 30.3 Å². The highest BCUT2D eigenvalue weighted by Crippen LogP contribution is 2.39. The largest absolute Gasteiger partial charge is 0.453 e. The monoisotopic (exact) mass is 578 g/mol. The number of hydrogen-bond donors (Lipinski definition) is 3. The van der Waals surface area contributed by atoms with Gasteiger partial charge in [-0.05, 0) is 49.6 Å². The Morgan fingerprint density at radius 1 is 1.12 bits per heavy atom. The second-order valence-corrected chi connectivity index (χ2v) is 10.6. The Labute approximate surface area is 240 Å². The number of nitrogens with one attached hydrogen (secondary N) is 3. The number of thiophene rings is 1. The molecule has 4 aromatic rings. The summed E-state index contributed by atoms with van der Waals surface area (Å²) >= 11 is 1.44. The molecule has 0 bridgehead atoms. The molecule has 0 spiro atoms. The number of urea groups is 2. The molecule has 10 nitrogen and oxygen atoms in total. The fraction of sp³-hybridized carbons (Fsp3) is 0.310. The molecular weight excluding hydrogens is 547 g/mol. The van der Waals surface area contributed by atoms with E-state index in [2.05, 4.69) is 25.9 Å². The number of carbonyl (C=O) groups excluding carboxylic acids is 2. The van der Waals surface area contributed by atoms with Crippen molar-refractivity contribution >= 4 is 39.3 Å². The molecule has 0 atom stereocenters. The van der Waals surface area contributed by atoms with Crippen LogP contribution in [-0.2, 0) is 11.3 Å². The summed E-state index contributed by atoms with van der Waals surface area (Å²) in [5.74, 6) is -0.0966. The first-order valence-corrected chi connectivity index (χ1v) is 14.2. The van der Waals surface area contributed by atoms with Crippen molar-refractivity contribution in [2.75, 3.05) is 32.1 Å². The van der Waals surface area contributed by atoms with Crippen LogP contribution in [0.2, 0.25) is 0 Å². The molecule has 1 aliphatic rings. The van der Waals surface area contributed by atoms with E-state index in [9.17, 15) is 14.0 Å². The summed E-state index contributed by atoms with van der Waals surface area (Å²) in [6.45, 7) is 3.87. The quantitative estimate of drug-likeness (QED) is 0.209. The van der Waals surface area contributed by atoms with E-state index in [0.717, 1.165) is 33.7 Å². The molecule has 0 unspecified atom stereocenters. The third-order valence-corrected chi connectivity index (χ3v) is 7.61. The molecule has 3 aromatic heterocycles. The van der Waals surface area contributed by atoms with Gasteiger partial charge in [-0.3, -0.25) is 9.97 Å². The van der Waals surface area contributed by atoms with E-state index in [-0.39, 0.29) is 23.9 Å². The topological polar surface area (TPSA) is 118 Å². The fourth-order valence-corrected chi connectivity index (χ4v) is 5.09. The van der Waals surface area contributed by atoms with Gasteiger partial charge in [0.1, 0.15) is 5.75 Å². The van der Waals surface area contributed by atoms with E-state index in [1.807, 2.05) is 25.1 Å². The van der Waals surface area contributed by atoms with Gasteiger partial charge in [0.2, 0.25) is 0 Å². The number of ether oxygens (including phenoxy) is 2. The zero-order chi connectivity index (χ0) is 28.8. The maximum absolute atomic E-state index is 14.8. The van der Waals surface area contributed by atoms with Gasteiger partial charge in [-0.25, -0.2) is 14.0 Å². The number of anilines is 1. The van der Waals surface area contributed by atoms with Gasteiger partial charge in [-0.2, -0.15) is 0 Å². The van der Waals surface area contributed by atoms with Crippen molar-refractivity contribution in [1.29, 1.82) is 0 Å². The second-order valence-electron chi connectivity index (χ2n) is 9.54. The first kappa shape index (κ1) is 28.2. The van der Waals surface area contributed by atoms with Crippen molar-refractivity contribution < 1.29 is 23.5 Å². The summed E-state index contributed by atoms with van der Waals surface area (Å²) in [5, 5.41) is 8.35.